The van der Waals surface area contributed by atoms with Crippen LogP contribution in [-0.4, -0.2) is 28.8 Å². The van der Waals surface area contributed by atoms with E-state index in [1.165, 1.54) is 11.1 Å². The van der Waals surface area contributed by atoms with Crippen molar-refractivity contribution in [2.45, 2.75) is 19.9 Å². The minimum Gasteiger partial charge on any atom is -0.357 e. The van der Waals surface area contributed by atoms with Crippen LogP contribution in [0.5, 0.6) is 0 Å². The maximum Gasteiger partial charge on any atom is 0.191 e. The number of aliphatic imine (C=N–C) groups is 1. The van der Waals surface area contributed by atoms with Gasteiger partial charge in [-0.2, -0.15) is 5.10 Å². The highest BCUT2D eigenvalue weighted by atomic mass is 127. The first kappa shape index (κ1) is 21.0. The number of hydrogen-bond donors (Lipinski definition) is 2. The first-order chi connectivity index (χ1) is 12.8. The molecule has 3 rings (SSSR count). The van der Waals surface area contributed by atoms with Crippen LogP contribution in [0, 0.1) is 0 Å². The van der Waals surface area contributed by atoms with Crippen molar-refractivity contribution in [3.63, 3.8) is 0 Å². The first-order valence-electron chi connectivity index (χ1n) is 9.00. The molecule has 0 amide bonds. The highest BCUT2D eigenvalue weighted by Crippen LogP contribution is 2.09. The van der Waals surface area contributed by atoms with E-state index in [0.717, 1.165) is 31.2 Å². The Bertz CT molecular complexity index is 798. The third-order valence-corrected chi connectivity index (χ3v) is 4.02. The molecule has 5 nitrogen and oxygen atoms in total. The summed E-state index contributed by atoms with van der Waals surface area (Å²) in [7, 11) is 0. The van der Waals surface area contributed by atoms with Gasteiger partial charge in [-0.3, -0.25) is 0 Å². The number of nitrogens with zero attached hydrogens (tertiary/aromatic N) is 3. The monoisotopic (exact) mass is 475 g/mol. The summed E-state index contributed by atoms with van der Waals surface area (Å²) in [6.45, 7) is 4.41. The predicted molar refractivity (Wildman–Crippen MR) is 122 cm³/mol. The van der Waals surface area contributed by atoms with Gasteiger partial charge in [-0.05, 0) is 42.7 Å². The van der Waals surface area contributed by atoms with Gasteiger partial charge in [0.2, 0.25) is 0 Å². The summed E-state index contributed by atoms with van der Waals surface area (Å²) in [5.74, 6) is 0.847. The molecular weight excluding hydrogens is 449 g/mol. The molecule has 3 aromatic rings. The molecule has 1 aromatic heterocycles. The van der Waals surface area contributed by atoms with Crippen LogP contribution in [0.4, 0.5) is 0 Å². The molecule has 27 heavy (non-hydrogen) atoms. The summed E-state index contributed by atoms with van der Waals surface area (Å²) in [4.78, 5) is 4.68. The number of nitrogens with one attached hydrogen (secondary N) is 2. The van der Waals surface area contributed by atoms with Gasteiger partial charge in [0.05, 0.1) is 12.2 Å². The zero-order chi connectivity index (χ0) is 18.0. The van der Waals surface area contributed by atoms with E-state index in [9.17, 15) is 0 Å². The van der Waals surface area contributed by atoms with Gasteiger partial charge in [0.1, 0.15) is 0 Å². The Balaban J connectivity index is 0.00000261. The Morgan fingerprint density at radius 1 is 0.963 bits per heavy atom. The van der Waals surface area contributed by atoms with Gasteiger partial charge >= 0.3 is 0 Å². The van der Waals surface area contributed by atoms with Crippen molar-refractivity contribution in [1.29, 1.82) is 0 Å². The van der Waals surface area contributed by atoms with Gasteiger partial charge in [0, 0.05) is 25.5 Å². The number of aromatic nitrogens is 2. The summed E-state index contributed by atoms with van der Waals surface area (Å²) in [6.07, 6.45) is 4.69. The van der Waals surface area contributed by atoms with Crippen LogP contribution in [0.3, 0.4) is 0 Å². The number of halogens is 1. The Kier molecular flexibility index (Phi) is 8.83. The summed E-state index contributed by atoms with van der Waals surface area (Å²) >= 11 is 0. The van der Waals surface area contributed by atoms with Crippen molar-refractivity contribution in [3.05, 3.63) is 84.2 Å². The Labute approximate surface area is 177 Å². The molecule has 0 aliphatic carbocycles. The topological polar surface area (TPSA) is 54.2 Å². The molecule has 1 heterocycles. The molecule has 6 heteroatoms. The van der Waals surface area contributed by atoms with Crippen LogP contribution >= 0.6 is 24.0 Å². The Hall–Kier alpha value is -2.35. The van der Waals surface area contributed by atoms with Crippen molar-refractivity contribution in [2.24, 2.45) is 4.99 Å². The molecular formula is C21H26IN5. The lowest BCUT2D eigenvalue weighted by Crippen LogP contribution is -2.38. The van der Waals surface area contributed by atoms with E-state index in [2.05, 4.69) is 76.2 Å². The van der Waals surface area contributed by atoms with Crippen molar-refractivity contribution < 1.29 is 0 Å². The average Bonchev–Trinajstić information content (AvgIpc) is 3.22. The van der Waals surface area contributed by atoms with Gasteiger partial charge < -0.3 is 10.6 Å². The molecule has 0 atom stereocenters. The highest BCUT2D eigenvalue weighted by Gasteiger charge is 2.00. The standard InChI is InChI=1S/C21H25N5.HI/c1-2-22-21(23-15-13-18-7-4-3-5-8-18)24-17-19-9-11-20(12-10-19)26-16-6-14-25-26;/h3-12,14,16H,2,13,15,17H2,1H3,(H2,22,23,24);1H. The molecule has 0 saturated heterocycles. The zero-order valence-electron chi connectivity index (χ0n) is 15.5. The second-order valence-corrected chi connectivity index (χ2v) is 5.97. The third kappa shape index (κ3) is 6.71. The lowest BCUT2D eigenvalue weighted by Gasteiger charge is -2.11. The maximum atomic E-state index is 4.68. The fourth-order valence-corrected chi connectivity index (χ4v) is 2.66. The average molecular weight is 475 g/mol. The van der Waals surface area contributed by atoms with Crippen molar-refractivity contribution in [2.75, 3.05) is 13.1 Å². The number of benzene rings is 2. The van der Waals surface area contributed by atoms with Crippen LogP contribution in [0.2, 0.25) is 0 Å². The molecule has 0 unspecified atom stereocenters. The van der Waals surface area contributed by atoms with Crippen LogP contribution < -0.4 is 10.6 Å². The van der Waals surface area contributed by atoms with Crippen LogP contribution in [0.25, 0.3) is 5.69 Å². The van der Waals surface area contributed by atoms with Crippen molar-refractivity contribution >= 4 is 29.9 Å². The van der Waals surface area contributed by atoms with E-state index in [1.807, 2.05) is 23.0 Å². The normalized spacial score (nSPS) is 10.9. The van der Waals surface area contributed by atoms with Crippen LogP contribution in [-0.2, 0) is 13.0 Å². The van der Waals surface area contributed by atoms with Crippen LogP contribution in [0.1, 0.15) is 18.1 Å². The second-order valence-electron chi connectivity index (χ2n) is 5.97. The summed E-state index contributed by atoms with van der Waals surface area (Å²) in [5.41, 5.74) is 3.54. The molecule has 0 spiro atoms. The van der Waals surface area contributed by atoms with Crippen molar-refractivity contribution in [1.82, 2.24) is 20.4 Å². The fraction of sp³-hybridized carbons (Fsp3) is 0.238. The second kappa shape index (κ2) is 11.4. The molecule has 0 radical (unpaired) electrons. The number of guanidine groups is 1. The van der Waals surface area contributed by atoms with E-state index in [-0.39, 0.29) is 24.0 Å². The molecule has 142 valence electrons. The minimum absolute atomic E-state index is 0. The lowest BCUT2D eigenvalue weighted by molar-refractivity contribution is 0.799. The molecule has 2 aromatic carbocycles. The molecule has 2 N–H and O–H groups in total. The lowest BCUT2D eigenvalue weighted by atomic mass is 10.1. The van der Waals surface area contributed by atoms with Gasteiger partial charge in [-0.1, -0.05) is 42.5 Å². The van der Waals surface area contributed by atoms with Gasteiger partial charge in [0.15, 0.2) is 5.96 Å². The van der Waals surface area contributed by atoms with Gasteiger partial charge in [0.25, 0.3) is 0 Å². The summed E-state index contributed by atoms with van der Waals surface area (Å²) in [6, 6.07) is 20.7. The van der Waals surface area contributed by atoms with E-state index in [4.69, 9.17) is 0 Å². The molecule has 0 aliphatic heterocycles. The molecule has 0 aliphatic rings. The summed E-state index contributed by atoms with van der Waals surface area (Å²) < 4.78 is 1.85. The third-order valence-electron chi connectivity index (χ3n) is 4.02. The van der Waals surface area contributed by atoms with E-state index in [1.54, 1.807) is 6.20 Å². The van der Waals surface area contributed by atoms with Crippen LogP contribution in [0.15, 0.2) is 78.0 Å². The predicted octanol–water partition coefficient (Wildman–Crippen LogP) is 3.79. The zero-order valence-corrected chi connectivity index (χ0v) is 17.8. The quantitative estimate of drug-likeness (QED) is 0.311. The van der Waals surface area contributed by atoms with E-state index >= 15 is 0 Å². The maximum absolute atomic E-state index is 4.68. The number of rotatable bonds is 7. The number of hydrogen-bond acceptors (Lipinski definition) is 2. The molecule has 0 bridgehead atoms. The summed E-state index contributed by atoms with van der Waals surface area (Å²) in [5, 5.41) is 10.9. The van der Waals surface area contributed by atoms with E-state index in [0.29, 0.717) is 6.54 Å². The highest BCUT2D eigenvalue weighted by molar-refractivity contribution is 14.0. The fourth-order valence-electron chi connectivity index (χ4n) is 2.66. The van der Waals surface area contributed by atoms with Gasteiger partial charge in [-0.15, -0.1) is 24.0 Å². The van der Waals surface area contributed by atoms with Gasteiger partial charge in [-0.25, -0.2) is 9.67 Å². The largest absolute Gasteiger partial charge is 0.357 e. The van der Waals surface area contributed by atoms with Crippen molar-refractivity contribution in [3.8, 4) is 5.69 Å². The SMILES string of the molecule is CCNC(=NCc1ccc(-n2cccn2)cc1)NCCc1ccccc1.I. The molecule has 0 fully saturated rings. The minimum atomic E-state index is 0. The Morgan fingerprint density at radius 2 is 1.74 bits per heavy atom. The first-order valence-corrected chi connectivity index (χ1v) is 9.00. The Morgan fingerprint density at radius 3 is 2.41 bits per heavy atom. The van der Waals surface area contributed by atoms with E-state index < -0.39 is 0 Å². The smallest absolute Gasteiger partial charge is 0.191 e. The molecule has 0 saturated carbocycles.